The molecule has 0 aliphatic carbocycles. The molecule has 5 atom stereocenters. The highest BCUT2D eigenvalue weighted by Gasteiger charge is 2.74. The van der Waals surface area contributed by atoms with Crippen LogP contribution in [-0.2, 0) is 14.4 Å². The Bertz CT molecular complexity index is 1410. The van der Waals surface area contributed by atoms with Gasteiger partial charge in [-0.15, -0.1) is 11.8 Å². The van der Waals surface area contributed by atoms with Crippen LogP contribution in [-0.4, -0.2) is 69.5 Å². The molecule has 2 saturated heterocycles. The highest BCUT2D eigenvalue weighted by atomic mass is 32.2. The molecular formula is C31H33N3O4S. The molecule has 1 spiro atoms. The summed E-state index contributed by atoms with van der Waals surface area (Å²) in [5.74, 6) is -1.93. The number of rotatable bonds is 4. The number of thioether (sulfide) groups is 1. The predicted molar refractivity (Wildman–Crippen MR) is 154 cm³/mol. The average Bonchev–Trinajstić information content (AvgIpc) is 3.17. The quantitative estimate of drug-likeness (QED) is 0.598. The number of carbonyl (C=O) groups excluding carboxylic acids is 3. The number of benzene rings is 2. The third-order valence-electron chi connectivity index (χ3n) is 8.62. The molecule has 6 rings (SSSR count). The van der Waals surface area contributed by atoms with Crippen LogP contribution in [0.1, 0.15) is 18.1 Å². The number of hydrogen-bond acceptors (Lipinski definition) is 5. The molecule has 2 aromatic rings. The molecule has 4 aliphatic heterocycles. The van der Waals surface area contributed by atoms with E-state index >= 15 is 0 Å². The number of hydrogen-bond donors (Lipinski definition) is 1. The second kappa shape index (κ2) is 9.38. The van der Waals surface area contributed by atoms with E-state index in [1.165, 1.54) is 4.90 Å². The van der Waals surface area contributed by atoms with Gasteiger partial charge in [0.25, 0.3) is 5.91 Å². The smallest absolute Gasteiger partial charge is 0.251 e. The van der Waals surface area contributed by atoms with Crippen molar-refractivity contribution in [3.05, 3.63) is 84.0 Å². The van der Waals surface area contributed by atoms with Crippen LogP contribution in [0, 0.1) is 25.7 Å². The maximum atomic E-state index is 14.5. The Labute approximate surface area is 233 Å². The van der Waals surface area contributed by atoms with Crippen molar-refractivity contribution in [1.29, 1.82) is 0 Å². The van der Waals surface area contributed by atoms with Crippen LogP contribution in [0.3, 0.4) is 0 Å². The zero-order valence-corrected chi connectivity index (χ0v) is 23.2. The van der Waals surface area contributed by atoms with Gasteiger partial charge in [0.05, 0.1) is 23.2 Å². The first-order valence-electron chi connectivity index (χ1n) is 13.4. The number of carbonyl (C=O) groups is 3. The summed E-state index contributed by atoms with van der Waals surface area (Å²) in [6.45, 7) is 6.56. The van der Waals surface area contributed by atoms with Crippen LogP contribution in [0.2, 0.25) is 0 Å². The van der Waals surface area contributed by atoms with Crippen molar-refractivity contribution in [1.82, 2.24) is 4.90 Å². The number of nitrogens with zero attached hydrogens (tertiary/aromatic N) is 3. The van der Waals surface area contributed by atoms with Gasteiger partial charge in [-0.2, -0.15) is 0 Å². The number of amides is 3. The first kappa shape index (κ1) is 25.9. The van der Waals surface area contributed by atoms with E-state index in [1.807, 2.05) is 87.5 Å². The van der Waals surface area contributed by atoms with E-state index in [9.17, 15) is 19.5 Å². The zero-order chi connectivity index (χ0) is 27.5. The molecular weight excluding hydrogens is 510 g/mol. The van der Waals surface area contributed by atoms with Crippen molar-refractivity contribution in [2.75, 3.05) is 36.0 Å². The lowest BCUT2D eigenvalue weighted by Crippen LogP contribution is -2.54. The number of fused-ring (bicyclic) bond motifs is 2. The molecule has 2 aromatic carbocycles. The summed E-state index contributed by atoms with van der Waals surface area (Å²) in [4.78, 5) is 48.1. The highest BCUT2D eigenvalue weighted by molar-refractivity contribution is 8.02. The molecule has 2 fully saturated rings. The number of likely N-dealkylation sites (tertiary alicyclic amines) is 1. The number of β-amino-alcohol motifs (C(OH)–C–C–N with tert-alkyl or cyclic N) is 1. The topological polar surface area (TPSA) is 81.2 Å². The number of aliphatic hydroxyl groups is 1. The molecule has 1 unspecified atom stereocenters. The monoisotopic (exact) mass is 543 g/mol. The lowest BCUT2D eigenvalue weighted by atomic mass is 9.74. The van der Waals surface area contributed by atoms with Crippen LogP contribution in [0.25, 0.3) is 0 Å². The van der Waals surface area contributed by atoms with E-state index < -0.39 is 27.4 Å². The van der Waals surface area contributed by atoms with Gasteiger partial charge in [-0.3, -0.25) is 14.4 Å². The molecule has 39 heavy (non-hydrogen) atoms. The van der Waals surface area contributed by atoms with Crippen molar-refractivity contribution in [3.8, 4) is 0 Å². The number of aryl methyl sites for hydroxylation is 2. The van der Waals surface area contributed by atoms with Gasteiger partial charge in [0.15, 0.2) is 0 Å². The largest absolute Gasteiger partial charge is 0.395 e. The third kappa shape index (κ3) is 3.79. The molecule has 0 aromatic heterocycles. The second-order valence-electron chi connectivity index (χ2n) is 11.1. The Morgan fingerprint density at radius 2 is 1.62 bits per heavy atom. The molecule has 0 radical (unpaired) electrons. The van der Waals surface area contributed by atoms with Crippen LogP contribution in [0.15, 0.2) is 72.8 Å². The molecule has 0 saturated carbocycles. The third-order valence-corrected chi connectivity index (χ3v) is 10.4. The lowest BCUT2D eigenvalue weighted by Gasteiger charge is -2.37. The van der Waals surface area contributed by atoms with E-state index in [4.69, 9.17) is 0 Å². The van der Waals surface area contributed by atoms with Gasteiger partial charge in [0, 0.05) is 35.8 Å². The van der Waals surface area contributed by atoms with Crippen LogP contribution >= 0.6 is 11.8 Å². The summed E-state index contributed by atoms with van der Waals surface area (Å²) in [7, 11) is 0. The number of aliphatic hydroxyl groups excluding tert-OH is 1. The summed E-state index contributed by atoms with van der Waals surface area (Å²) in [6.07, 6.45) is 8.06. The molecule has 7 nitrogen and oxygen atoms in total. The molecule has 8 heteroatoms. The molecule has 4 heterocycles. The van der Waals surface area contributed by atoms with Crippen LogP contribution in [0.4, 0.5) is 11.4 Å². The molecule has 4 aliphatic rings. The van der Waals surface area contributed by atoms with Crippen LogP contribution in [0.5, 0.6) is 0 Å². The highest BCUT2D eigenvalue weighted by Crippen LogP contribution is 2.65. The van der Waals surface area contributed by atoms with Gasteiger partial charge < -0.3 is 19.8 Å². The van der Waals surface area contributed by atoms with Crippen LogP contribution < -0.4 is 9.80 Å². The maximum absolute atomic E-state index is 14.5. The normalized spacial score (nSPS) is 31.7. The van der Waals surface area contributed by atoms with E-state index in [0.29, 0.717) is 13.1 Å². The molecule has 3 amide bonds. The summed E-state index contributed by atoms with van der Waals surface area (Å²) in [5.41, 5.74) is 3.61. The number of para-hydroxylation sites is 1. The maximum Gasteiger partial charge on any atom is 0.251 e. The summed E-state index contributed by atoms with van der Waals surface area (Å²) in [6, 6.07) is 14.7. The van der Waals surface area contributed by atoms with E-state index in [0.717, 1.165) is 22.5 Å². The van der Waals surface area contributed by atoms with Gasteiger partial charge in [0.2, 0.25) is 11.8 Å². The van der Waals surface area contributed by atoms with Crippen molar-refractivity contribution in [2.24, 2.45) is 11.8 Å². The Balaban J connectivity index is 1.48. The fourth-order valence-electron chi connectivity index (χ4n) is 6.94. The Kier molecular flexibility index (Phi) is 6.23. The molecule has 0 bridgehead atoms. The molecule has 202 valence electrons. The summed E-state index contributed by atoms with van der Waals surface area (Å²) in [5, 5.41) is 9.96. The SMILES string of the molecule is Cc1ccc(C)c(N2CC=C[C@]34S[C@@]5(C)C=CCN(c6ccccc6)C(=O)[C@H]5[C@H]3C(=O)N(CCO)C4C2=O)c1. The zero-order valence-electron chi connectivity index (χ0n) is 22.4. The van der Waals surface area contributed by atoms with Gasteiger partial charge >= 0.3 is 0 Å². The van der Waals surface area contributed by atoms with Crippen molar-refractivity contribution >= 4 is 40.9 Å². The van der Waals surface area contributed by atoms with E-state index in [1.54, 1.807) is 21.6 Å². The fourth-order valence-corrected chi connectivity index (χ4v) is 9.09. The van der Waals surface area contributed by atoms with Gasteiger partial charge in [-0.1, -0.05) is 54.6 Å². The number of anilines is 2. The minimum absolute atomic E-state index is 0.0401. The van der Waals surface area contributed by atoms with Crippen molar-refractivity contribution in [3.63, 3.8) is 0 Å². The van der Waals surface area contributed by atoms with E-state index in [2.05, 4.69) is 6.08 Å². The Hall–Kier alpha value is -3.36. The average molecular weight is 544 g/mol. The summed E-state index contributed by atoms with van der Waals surface area (Å²) >= 11 is 1.56. The fraction of sp³-hybridized carbons (Fsp3) is 0.387. The standard InChI is InChI=1S/C31H33N3O4S/c1-20-11-12-21(2)23(19-20)33-16-8-14-31-25(28(37)34(17-18-35)26(31)29(33)38)24-27(36)32(22-9-5-4-6-10-22)15-7-13-30(24,3)39-31/h4-14,19,24-26,35H,15-18H2,1-3H3/t24-,25+,26?,30+,31+/m1/s1. The van der Waals surface area contributed by atoms with Gasteiger partial charge in [-0.05, 0) is 50.1 Å². The van der Waals surface area contributed by atoms with Crippen molar-refractivity contribution in [2.45, 2.75) is 36.3 Å². The lowest BCUT2D eigenvalue weighted by molar-refractivity contribution is -0.139. The van der Waals surface area contributed by atoms with Gasteiger partial charge in [0.1, 0.15) is 6.04 Å². The minimum Gasteiger partial charge on any atom is -0.395 e. The molecule has 1 N–H and O–H groups in total. The Morgan fingerprint density at radius 3 is 2.36 bits per heavy atom. The summed E-state index contributed by atoms with van der Waals surface area (Å²) < 4.78 is -1.61. The first-order chi connectivity index (χ1) is 18.7. The first-order valence-corrected chi connectivity index (χ1v) is 14.3. The predicted octanol–water partition coefficient (Wildman–Crippen LogP) is 3.49. The van der Waals surface area contributed by atoms with Crippen molar-refractivity contribution < 1.29 is 19.5 Å². The minimum atomic E-state index is -0.936. The second-order valence-corrected chi connectivity index (χ2v) is 12.9. The van der Waals surface area contributed by atoms with E-state index in [-0.39, 0.29) is 30.9 Å². The Morgan fingerprint density at radius 1 is 0.897 bits per heavy atom. The van der Waals surface area contributed by atoms with Gasteiger partial charge in [-0.25, -0.2) is 0 Å².